The van der Waals surface area contributed by atoms with Crippen LogP contribution < -0.4 is 10.1 Å². The Kier molecular flexibility index (Phi) is 5.28. The van der Waals surface area contributed by atoms with Crippen LogP contribution in [0.15, 0.2) is 24.3 Å². The third kappa shape index (κ3) is 3.78. The van der Waals surface area contributed by atoms with E-state index in [0.717, 1.165) is 18.8 Å². The molecule has 0 amide bonds. The average Bonchev–Trinajstić information content (AvgIpc) is 2.75. The number of methoxy groups -OCH3 is 1. The van der Waals surface area contributed by atoms with Crippen LogP contribution in [0.5, 0.6) is 5.75 Å². The van der Waals surface area contributed by atoms with Gasteiger partial charge >= 0.3 is 0 Å². The Morgan fingerprint density at radius 2 is 2.14 bits per heavy atom. The fourth-order valence-electron chi connectivity index (χ4n) is 3.65. The second-order valence-electron chi connectivity index (χ2n) is 6.90. The summed E-state index contributed by atoms with van der Waals surface area (Å²) in [4.78, 5) is 2.50. The highest BCUT2D eigenvalue weighted by molar-refractivity contribution is 5.28. The summed E-state index contributed by atoms with van der Waals surface area (Å²) >= 11 is 0. The van der Waals surface area contributed by atoms with Crippen molar-refractivity contribution in [2.75, 3.05) is 20.7 Å². The van der Waals surface area contributed by atoms with Crippen molar-refractivity contribution in [1.29, 1.82) is 0 Å². The molecule has 1 fully saturated rings. The lowest BCUT2D eigenvalue weighted by molar-refractivity contribution is 0.166. The van der Waals surface area contributed by atoms with Gasteiger partial charge < -0.3 is 10.1 Å². The summed E-state index contributed by atoms with van der Waals surface area (Å²) in [6.45, 7) is 8.99. The fraction of sp³-hybridized carbons (Fsp3) is 0.667. The SMILES string of the molecule is CCNC1C(N(C)Cc2cccc(OC)c2)CCC1(C)C. The van der Waals surface area contributed by atoms with Crippen molar-refractivity contribution in [1.82, 2.24) is 10.2 Å². The molecule has 0 aliphatic heterocycles. The summed E-state index contributed by atoms with van der Waals surface area (Å²) in [5, 5.41) is 3.71. The molecule has 2 rings (SSSR count). The Bertz CT molecular complexity index is 458. The van der Waals surface area contributed by atoms with Gasteiger partial charge in [-0.25, -0.2) is 0 Å². The van der Waals surface area contributed by atoms with E-state index >= 15 is 0 Å². The predicted molar refractivity (Wildman–Crippen MR) is 88.7 cm³/mol. The Morgan fingerprint density at radius 1 is 1.38 bits per heavy atom. The Labute approximate surface area is 129 Å². The third-order valence-electron chi connectivity index (χ3n) is 4.87. The lowest BCUT2D eigenvalue weighted by Gasteiger charge is -2.36. The molecule has 21 heavy (non-hydrogen) atoms. The molecular formula is C18H30N2O. The maximum absolute atomic E-state index is 5.32. The number of rotatable bonds is 6. The molecule has 0 aromatic heterocycles. The van der Waals surface area contributed by atoms with Gasteiger partial charge in [-0.3, -0.25) is 4.90 Å². The highest BCUT2D eigenvalue weighted by atomic mass is 16.5. The Balaban J connectivity index is 2.06. The van der Waals surface area contributed by atoms with E-state index in [0.29, 0.717) is 17.5 Å². The quantitative estimate of drug-likeness (QED) is 0.870. The first-order chi connectivity index (χ1) is 9.97. The van der Waals surface area contributed by atoms with Gasteiger partial charge in [0.2, 0.25) is 0 Å². The highest BCUT2D eigenvalue weighted by Crippen LogP contribution is 2.39. The summed E-state index contributed by atoms with van der Waals surface area (Å²) in [5.41, 5.74) is 1.69. The zero-order valence-electron chi connectivity index (χ0n) is 14.1. The van der Waals surface area contributed by atoms with Gasteiger partial charge in [0.05, 0.1) is 7.11 Å². The number of nitrogens with one attached hydrogen (secondary N) is 1. The second-order valence-corrected chi connectivity index (χ2v) is 6.90. The van der Waals surface area contributed by atoms with Crippen LogP contribution in [0.3, 0.4) is 0 Å². The van der Waals surface area contributed by atoms with Crippen molar-refractivity contribution in [3.63, 3.8) is 0 Å². The molecule has 1 aliphatic rings. The summed E-state index contributed by atoms with van der Waals surface area (Å²) in [5.74, 6) is 0.941. The standard InChI is InChI=1S/C18H30N2O/c1-6-19-17-16(10-11-18(17,2)3)20(4)13-14-8-7-9-15(12-14)21-5/h7-9,12,16-17,19H,6,10-11,13H2,1-5H3. The van der Waals surface area contributed by atoms with E-state index in [9.17, 15) is 0 Å². The molecule has 2 atom stereocenters. The van der Waals surface area contributed by atoms with E-state index in [1.165, 1.54) is 18.4 Å². The molecule has 3 heteroatoms. The number of hydrogen-bond donors (Lipinski definition) is 1. The zero-order valence-corrected chi connectivity index (χ0v) is 14.1. The van der Waals surface area contributed by atoms with Crippen LogP contribution in [0, 0.1) is 5.41 Å². The number of ether oxygens (including phenoxy) is 1. The van der Waals surface area contributed by atoms with E-state index in [4.69, 9.17) is 4.74 Å². The number of benzene rings is 1. The predicted octanol–water partition coefficient (Wildman–Crippen LogP) is 3.29. The molecule has 1 N–H and O–H groups in total. The van der Waals surface area contributed by atoms with Crippen LogP contribution in [-0.4, -0.2) is 37.7 Å². The molecule has 0 radical (unpaired) electrons. The van der Waals surface area contributed by atoms with E-state index in [-0.39, 0.29) is 0 Å². The van der Waals surface area contributed by atoms with Crippen LogP contribution in [0.4, 0.5) is 0 Å². The highest BCUT2D eigenvalue weighted by Gasteiger charge is 2.42. The van der Waals surface area contributed by atoms with Crippen molar-refractivity contribution in [2.45, 2.75) is 52.2 Å². The van der Waals surface area contributed by atoms with Crippen LogP contribution in [0.25, 0.3) is 0 Å². The molecule has 0 heterocycles. The Morgan fingerprint density at radius 3 is 2.81 bits per heavy atom. The Hall–Kier alpha value is -1.06. The fourth-order valence-corrected chi connectivity index (χ4v) is 3.65. The first-order valence-electron chi connectivity index (χ1n) is 8.04. The van der Waals surface area contributed by atoms with Crippen LogP contribution in [-0.2, 0) is 6.54 Å². The summed E-state index contributed by atoms with van der Waals surface area (Å²) in [7, 11) is 3.97. The van der Waals surface area contributed by atoms with Gasteiger partial charge in [-0.05, 0) is 49.5 Å². The molecule has 118 valence electrons. The maximum atomic E-state index is 5.32. The number of likely N-dealkylation sites (N-methyl/N-ethyl adjacent to an activating group) is 2. The molecule has 0 bridgehead atoms. The largest absolute Gasteiger partial charge is 0.497 e. The summed E-state index contributed by atoms with van der Waals surface area (Å²) in [6, 6.07) is 9.57. The molecule has 0 spiro atoms. The van der Waals surface area contributed by atoms with Gasteiger partial charge in [0.1, 0.15) is 5.75 Å². The molecule has 1 aromatic carbocycles. The summed E-state index contributed by atoms with van der Waals surface area (Å²) in [6.07, 6.45) is 2.56. The normalized spacial score (nSPS) is 24.5. The molecule has 1 aromatic rings. The van der Waals surface area contributed by atoms with Crippen molar-refractivity contribution >= 4 is 0 Å². The monoisotopic (exact) mass is 290 g/mol. The van der Waals surface area contributed by atoms with E-state index in [2.05, 4.69) is 56.2 Å². The minimum absolute atomic E-state index is 0.378. The molecular weight excluding hydrogens is 260 g/mol. The van der Waals surface area contributed by atoms with Crippen LogP contribution >= 0.6 is 0 Å². The van der Waals surface area contributed by atoms with Gasteiger partial charge in [-0.1, -0.05) is 32.9 Å². The smallest absolute Gasteiger partial charge is 0.119 e. The van der Waals surface area contributed by atoms with Crippen molar-refractivity contribution in [3.8, 4) is 5.75 Å². The van der Waals surface area contributed by atoms with Gasteiger partial charge in [0.15, 0.2) is 0 Å². The maximum Gasteiger partial charge on any atom is 0.119 e. The molecule has 2 unspecified atom stereocenters. The minimum atomic E-state index is 0.378. The van der Waals surface area contributed by atoms with E-state index in [1.807, 2.05) is 6.07 Å². The first-order valence-corrected chi connectivity index (χ1v) is 8.04. The minimum Gasteiger partial charge on any atom is -0.497 e. The number of nitrogens with zero attached hydrogens (tertiary/aromatic N) is 1. The molecule has 1 saturated carbocycles. The van der Waals surface area contributed by atoms with E-state index in [1.54, 1.807) is 7.11 Å². The average molecular weight is 290 g/mol. The third-order valence-corrected chi connectivity index (χ3v) is 4.87. The van der Waals surface area contributed by atoms with Crippen molar-refractivity contribution < 1.29 is 4.74 Å². The van der Waals surface area contributed by atoms with Gasteiger partial charge in [-0.2, -0.15) is 0 Å². The molecule has 3 nitrogen and oxygen atoms in total. The lowest BCUT2D eigenvalue weighted by Crippen LogP contribution is -2.50. The van der Waals surface area contributed by atoms with Gasteiger partial charge in [0, 0.05) is 18.6 Å². The zero-order chi connectivity index (χ0) is 15.5. The molecule has 1 aliphatic carbocycles. The van der Waals surface area contributed by atoms with E-state index < -0.39 is 0 Å². The van der Waals surface area contributed by atoms with Gasteiger partial charge in [-0.15, -0.1) is 0 Å². The summed E-state index contributed by atoms with van der Waals surface area (Å²) < 4.78 is 5.32. The van der Waals surface area contributed by atoms with Crippen LogP contribution in [0.1, 0.15) is 39.2 Å². The molecule has 0 saturated heterocycles. The first kappa shape index (κ1) is 16.3. The lowest BCUT2D eigenvalue weighted by atomic mass is 9.86. The topological polar surface area (TPSA) is 24.5 Å². The van der Waals surface area contributed by atoms with Gasteiger partial charge in [0.25, 0.3) is 0 Å². The van der Waals surface area contributed by atoms with Crippen LogP contribution in [0.2, 0.25) is 0 Å². The van der Waals surface area contributed by atoms with Crippen molar-refractivity contribution in [3.05, 3.63) is 29.8 Å². The van der Waals surface area contributed by atoms with Crippen molar-refractivity contribution in [2.24, 2.45) is 5.41 Å². The second kappa shape index (κ2) is 6.80. The number of hydrogen-bond acceptors (Lipinski definition) is 3.